The van der Waals surface area contributed by atoms with Crippen LogP contribution in [-0.4, -0.2) is 12.7 Å². The summed E-state index contributed by atoms with van der Waals surface area (Å²) in [7, 11) is 1.94. The summed E-state index contributed by atoms with van der Waals surface area (Å²) in [4.78, 5) is 0. The Morgan fingerprint density at radius 1 is 0.773 bits per heavy atom. The summed E-state index contributed by atoms with van der Waals surface area (Å²) in [5.74, 6) is 1.75. The van der Waals surface area contributed by atoms with Crippen molar-refractivity contribution in [3.05, 3.63) is 71.8 Å². The fraction of sp³-hybridized carbons (Fsp3) is 0.429. The Labute approximate surface area is 133 Å². The van der Waals surface area contributed by atoms with E-state index in [1.807, 2.05) is 7.11 Å². The van der Waals surface area contributed by atoms with Crippen molar-refractivity contribution in [2.24, 2.45) is 11.8 Å². The zero-order valence-corrected chi connectivity index (χ0v) is 13.2. The molecule has 0 amide bonds. The van der Waals surface area contributed by atoms with Crippen molar-refractivity contribution in [2.75, 3.05) is 7.11 Å². The molecule has 0 heterocycles. The third kappa shape index (κ3) is 1.95. The highest BCUT2D eigenvalue weighted by Gasteiger charge is 2.59. The van der Waals surface area contributed by atoms with Gasteiger partial charge in [0.25, 0.3) is 0 Å². The molecule has 1 nitrogen and oxygen atoms in total. The van der Waals surface area contributed by atoms with Gasteiger partial charge in [0.2, 0.25) is 0 Å². The van der Waals surface area contributed by atoms with E-state index in [-0.39, 0.29) is 5.60 Å². The highest BCUT2D eigenvalue weighted by Crippen LogP contribution is 2.61. The van der Waals surface area contributed by atoms with Gasteiger partial charge in [-0.3, -0.25) is 0 Å². The predicted octanol–water partition coefficient (Wildman–Crippen LogP) is 5.02. The molecule has 2 fully saturated rings. The lowest BCUT2D eigenvalue weighted by Gasteiger charge is -2.41. The van der Waals surface area contributed by atoms with Gasteiger partial charge in [0.05, 0.1) is 5.60 Å². The summed E-state index contributed by atoms with van der Waals surface area (Å²) in [6, 6.07) is 21.9. The summed E-state index contributed by atoms with van der Waals surface area (Å²) in [5, 5.41) is 0. The lowest BCUT2D eigenvalue weighted by molar-refractivity contribution is -0.0613. The van der Waals surface area contributed by atoms with Crippen LogP contribution in [0.15, 0.2) is 60.7 Å². The van der Waals surface area contributed by atoms with Crippen LogP contribution in [0.4, 0.5) is 0 Å². The fourth-order valence-corrected chi connectivity index (χ4v) is 5.26. The van der Waals surface area contributed by atoms with E-state index in [4.69, 9.17) is 4.74 Å². The first-order chi connectivity index (χ1) is 10.9. The number of methoxy groups -OCH3 is 1. The van der Waals surface area contributed by atoms with Gasteiger partial charge < -0.3 is 4.74 Å². The number of hydrogen-bond acceptors (Lipinski definition) is 1. The number of rotatable bonds is 4. The minimum atomic E-state index is -0.0112. The molecule has 2 aromatic carbocycles. The second-order valence-electron chi connectivity index (χ2n) is 6.86. The highest BCUT2D eigenvalue weighted by molar-refractivity contribution is 5.38. The van der Waals surface area contributed by atoms with Crippen LogP contribution in [0.1, 0.15) is 42.7 Å². The van der Waals surface area contributed by atoms with Gasteiger partial charge in [-0.1, -0.05) is 60.7 Å². The second-order valence-corrected chi connectivity index (χ2v) is 6.86. The molecular formula is C21H24O. The highest BCUT2D eigenvalue weighted by atomic mass is 16.5. The molecule has 2 aliphatic rings. The normalized spacial score (nSPS) is 30.1. The van der Waals surface area contributed by atoms with Gasteiger partial charge in [0.1, 0.15) is 0 Å². The monoisotopic (exact) mass is 292 g/mol. The van der Waals surface area contributed by atoms with E-state index in [0.717, 1.165) is 0 Å². The third-order valence-electron chi connectivity index (χ3n) is 6.07. The Balaban J connectivity index is 1.88. The van der Waals surface area contributed by atoms with E-state index in [0.29, 0.717) is 17.8 Å². The lowest BCUT2D eigenvalue weighted by atomic mass is 9.71. The molecule has 0 spiro atoms. The minimum absolute atomic E-state index is 0.0112. The Morgan fingerprint density at radius 3 is 1.55 bits per heavy atom. The topological polar surface area (TPSA) is 9.23 Å². The van der Waals surface area contributed by atoms with Crippen LogP contribution >= 0.6 is 0 Å². The molecule has 0 saturated heterocycles. The lowest BCUT2D eigenvalue weighted by Crippen LogP contribution is -2.44. The van der Waals surface area contributed by atoms with Crippen LogP contribution in [0.5, 0.6) is 0 Å². The van der Waals surface area contributed by atoms with E-state index in [1.54, 1.807) is 0 Å². The van der Waals surface area contributed by atoms with Crippen molar-refractivity contribution < 1.29 is 4.74 Å². The third-order valence-corrected chi connectivity index (χ3v) is 6.07. The van der Waals surface area contributed by atoms with Gasteiger partial charge in [-0.05, 0) is 48.6 Å². The molecule has 2 aliphatic carbocycles. The molecule has 22 heavy (non-hydrogen) atoms. The van der Waals surface area contributed by atoms with Crippen LogP contribution < -0.4 is 0 Å². The van der Waals surface area contributed by atoms with Gasteiger partial charge >= 0.3 is 0 Å². The van der Waals surface area contributed by atoms with Gasteiger partial charge in [0, 0.05) is 13.0 Å². The average Bonchev–Trinajstić information content (AvgIpc) is 3.12. The molecule has 0 unspecified atom stereocenters. The Morgan fingerprint density at radius 2 is 1.18 bits per heavy atom. The van der Waals surface area contributed by atoms with E-state index in [1.165, 1.54) is 36.8 Å². The van der Waals surface area contributed by atoms with Crippen LogP contribution in [0.25, 0.3) is 0 Å². The largest absolute Gasteiger partial charge is 0.377 e. The van der Waals surface area contributed by atoms with Crippen molar-refractivity contribution in [3.8, 4) is 0 Å². The first kappa shape index (κ1) is 14.0. The van der Waals surface area contributed by atoms with Gasteiger partial charge in [-0.2, -0.15) is 0 Å². The molecule has 114 valence electrons. The van der Waals surface area contributed by atoms with Crippen LogP contribution in [-0.2, 0) is 4.74 Å². The summed E-state index contributed by atoms with van der Waals surface area (Å²) < 4.78 is 6.36. The van der Waals surface area contributed by atoms with Crippen molar-refractivity contribution in [2.45, 2.75) is 37.2 Å². The maximum atomic E-state index is 6.36. The molecule has 2 bridgehead atoms. The van der Waals surface area contributed by atoms with Crippen molar-refractivity contribution in [1.82, 2.24) is 0 Å². The smallest absolute Gasteiger partial charge is 0.0843 e. The van der Waals surface area contributed by atoms with Crippen LogP contribution in [0.2, 0.25) is 0 Å². The zero-order chi connectivity index (χ0) is 15.0. The zero-order valence-electron chi connectivity index (χ0n) is 13.2. The SMILES string of the molecule is COC1(C(c2ccccc2)c2ccccc2)C2CCC1CC2. The summed E-state index contributed by atoms with van der Waals surface area (Å²) in [6.07, 6.45) is 5.31. The molecule has 0 aromatic heterocycles. The first-order valence-corrected chi connectivity index (χ1v) is 8.51. The first-order valence-electron chi connectivity index (χ1n) is 8.51. The van der Waals surface area contributed by atoms with Crippen LogP contribution in [0, 0.1) is 11.8 Å². The second kappa shape index (κ2) is 5.55. The van der Waals surface area contributed by atoms with Crippen LogP contribution in [0.3, 0.4) is 0 Å². The van der Waals surface area contributed by atoms with E-state index in [2.05, 4.69) is 60.7 Å². The molecule has 0 radical (unpaired) electrons. The Bertz CT molecular complexity index is 559. The summed E-state index contributed by atoms with van der Waals surface area (Å²) in [6.45, 7) is 0. The molecule has 2 aromatic rings. The predicted molar refractivity (Wildman–Crippen MR) is 89.9 cm³/mol. The van der Waals surface area contributed by atoms with Gasteiger partial charge in [-0.15, -0.1) is 0 Å². The maximum absolute atomic E-state index is 6.36. The number of fused-ring (bicyclic) bond motifs is 2. The van der Waals surface area contributed by atoms with Crippen molar-refractivity contribution in [1.29, 1.82) is 0 Å². The molecule has 0 N–H and O–H groups in total. The van der Waals surface area contributed by atoms with Gasteiger partial charge in [0.15, 0.2) is 0 Å². The molecule has 4 rings (SSSR count). The average molecular weight is 292 g/mol. The van der Waals surface area contributed by atoms with E-state index >= 15 is 0 Å². The fourth-order valence-electron chi connectivity index (χ4n) is 5.26. The van der Waals surface area contributed by atoms with Crippen molar-refractivity contribution in [3.63, 3.8) is 0 Å². The Kier molecular flexibility index (Phi) is 3.54. The maximum Gasteiger partial charge on any atom is 0.0843 e. The molecule has 2 saturated carbocycles. The number of benzene rings is 2. The quantitative estimate of drug-likeness (QED) is 0.768. The molecule has 1 heteroatoms. The summed E-state index contributed by atoms with van der Waals surface area (Å²) in [5.41, 5.74) is 2.78. The van der Waals surface area contributed by atoms with Crippen molar-refractivity contribution >= 4 is 0 Å². The number of ether oxygens (including phenoxy) is 1. The molecule has 0 atom stereocenters. The minimum Gasteiger partial charge on any atom is -0.377 e. The number of hydrogen-bond donors (Lipinski definition) is 0. The van der Waals surface area contributed by atoms with Gasteiger partial charge in [-0.25, -0.2) is 0 Å². The summed E-state index contributed by atoms with van der Waals surface area (Å²) >= 11 is 0. The van der Waals surface area contributed by atoms with E-state index < -0.39 is 0 Å². The standard InChI is InChI=1S/C21H24O/c1-22-21(18-12-13-19(21)15-14-18)20(16-8-4-2-5-9-16)17-10-6-3-7-11-17/h2-11,18-20H,12-15H2,1H3. The molecule has 0 aliphatic heterocycles. The van der Waals surface area contributed by atoms with E-state index in [9.17, 15) is 0 Å². The Hall–Kier alpha value is -1.60. The molecular weight excluding hydrogens is 268 g/mol.